The Morgan fingerprint density at radius 1 is 1.38 bits per heavy atom. The molecule has 0 saturated carbocycles. The van der Waals surface area contributed by atoms with Gasteiger partial charge in [-0.3, -0.25) is 9.88 Å². The summed E-state index contributed by atoms with van der Waals surface area (Å²) in [5.74, 6) is 0.943. The lowest BCUT2D eigenvalue weighted by molar-refractivity contribution is -0.237. The maximum atomic E-state index is 12.7. The molecule has 0 spiro atoms. The predicted molar refractivity (Wildman–Crippen MR) is 68.4 cm³/mol. The van der Waals surface area contributed by atoms with Crippen LogP contribution in [0.3, 0.4) is 0 Å². The van der Waals surface area contributed by atoms with Crippen LogP contribution in [-0.2, 0) is 11.3 Å². The molecular formula is C13H17F3N2O3. The summed E-state index contributed by atoms with van der Waals surface area (Å²) in [5, 5.41) is 0. The zero-order valence-electron chi connectivity index (χ0n) is 11.8. The van der Waals surface area contributed by atoms with Crippen molar-refractivity contribution in [2.75, 3.05) is 33.9 Å². The highest BCUT2D eigenvalue weighted by molar-refractivity contribution is 5.42. The number of halogens is 3. The Morgan fingerprint density at radius 3 is 2.76 bits per heavy atom. The van der Waals surface area contributed by atoms with E-state index in [1.165, 1.54) is 14.2 Å². The second kappa shape index (κ2) is 6.48. The lowest BCUT2D eigenvalue weighted by Gasteiger charge is -2.33. The largest absolute Gasteiger partial charge is 0.493 e. The Kier molecular flexibility index (Phi) is 4.89. The molecule has 1 fully saturated rings. The summed E-state index contributed by atoms with van der Waals surface area (Å²) in [4.78, 5) is 5.82. The first-order valence-electron chi connectivity index (χ1n) is 6.42. The second-order valence-corrected chi connectivity index (χ2v) is 4.63. The normalized spacial score (nSPS) is 20.3. The van der Waals surface area contributed by atoms with Crippen LogP contribution in [-0.4, -0.2) is 56.1 Å². The standard InChI is InChI=1S/C13H17F3N2O3/c1-19-10-3-4-17-9(12(10)20-2)7-18-5-6-21-11(8-18)13(14,15)16/h3-4,11H,5-8H2,1-2H3. The first kappa shape index (κ1) is 15.8. The molecule has 118 valence electrons. The van der Waals surface area contributed by atoms with Gasteiger partial charge in [-0.2, -0.15) is 13.2 Å². The number of rotatable bonds is 4. The summed E-state index contributed by atoms with van der Waals surface area (Å²) in [6.45, 7) is 0.479. The maximum absolute atomic E-state index is 12.7. The first-order valence-corrected chi connectivity index (χ1v) is 6.42. The highest BCUT2D eigenvalue weighted by Gasteiger charge is 2.43. The smallest absolute Gasteiger partial charge is 0.415 e. The van der Waals surface area contributed by atoms with Gasteiger partial charge in [0, 0.05) is 31.9 Å². The molecule has 0 amide bonds. The molecule has 1 saturated heterocycles. The first-order chi connectivity index (χ1) is 9.95. The van der Waals surface area contributed by atoms with Crippen molar-refractivity contribution in [2.24, 2.45) is 0 Å². The molecule has 21 heavy (non-hydrogen) atoms. The molecular weight excluding hydrogens is 289 g/mol. The number of aromatic nitrogens is 1. The van der Waals surface area contributed by atoms with Gasteiger partial charge in [0.15, 0.2) is 17.6 Å². The number of methoxy groups -OCH3 is 2. The van der Waals surface area contributed by atoms with Crippen LogP contribution in [0, 0.1) is 0 Å². The SMILES string of the molecule is COc1ccnc(CN2CCOC(C(F)(F)F)C2)c1OC. The Labute approximate surface area is 120 Å². The highest BCUT2D eigenvalue weighted by Crippen LogP contribution is 2.31. The summed E-state index contributed by atoms with van der Waals surface area (Å²) < 4.78 is 53.3. The van der Waals surface area contributed by atoms with Gasteiger partial charge < -0.3 is 14.2 Å². The van der Waals surface area contributed by atoms with Crippen LogP contribution in [0.25, 0.3) is 0 Å². The third-order valence-corrected chi connectivity index (χ3v) is 3.26. The lowest BCUT2D eigenvalue weighted by Crippen LogP contribution is -2.48. The van der Waals surface area contributed by atoms with Gasteiger partial charge in [-0.25, -0.2) is 0 Å². The van der Waals surface area contributed by atoms with E-state index in [4.69, 9.17) is 14.2 Å². The van der Waals surface area contributed by atoms with E-state index in [9.17, 15) is 13.2 Å². The molecule has 1 atom stereocenters. The van der Waals surface area contributed by atoms with Gasteiger partial charge in [0.25, 0.3) is 0 Å². The van der Waals surface area contributed by atoms with Crippen LogP contribution in [0.15, 0.2) is 12.3 Å². The average molecular weight is 306 g/mol. The van der Waals surface area contributed by atoms with Crippen LogP contribution < -0.4 is 9.47 Å². The lowest BCUT2D eigenvalue weighted by atomic mass is 10.2. The van der Waals surface area contributed by atoms with Crippen molar-refractivity contribution < 1.29 is 27.4 Å². The summed E-state index contributed by atoms with van der Waals surface area (Å²) in [5.41, 5.74) is 0.541. The van der Waals surface area contributed by atoms with Crippen molar-refractivity contribution in [3.8, 4) is 11.5 Å². The van der Waals surface area contributed by atoms with Crippen molar-refractivity contribution in [1.82, 2.24) is 9.88 Å². The van der Waals surface area contributed by atoms with Gasteiger partial charge in [0.05, 0.1) is 20.8 Å². The van der Waals surface area contributed by atoms with Crippen molar-refractivity contribution in [3.63, 3.8) is 0 Å². The molecule has 8 heteroatoms. The summed E-state index contributed by atoms with van der Waals surface area (Å²) in [6.07, 6.45) is -4.58. The van der Waals surface area contributed by atoms with E-state index in [1.807, 2.05) is 0 Å². The number of hydrogen-bond acceptors (Lipinski definition) is 5. The van der Waals surface area contributed by atoms with Crippen LogP contribution in [0.5, 0.6) is 11.5 Å². The number of nitrogens with zero attached hydrogens (tertiary/aromatic N) is 2. The zero-order valence-corrected chi connectivity index (χ0v) is 11.8. The fraction of sp³-hybridized carbons (Fsp3) is 0.615. The fourth-order valence-electron chi connectivity index (χ4n) is 2.22. The van der Waals surface area contributed by atoms with Crippen molar-refractivity contribution in [1.29, 1.82) is 0 Å². The topological polar surface area (TPSA) is 43.8 Å². The maximum Gasteiger partial charge on any atom is 0.415 e. The molecule has 1 aliphatic rings. The minimum atomic E-state index is -4.36. The Balaban J connectivity index is 2.11. The highest BCUT2D eigenvalue weighted by atomic mass is 19.4. The van der Waals surface area contributed by atoms with E-state index in [2.05, 4.69) is 4.98 Å². The van der Waals surface area contributed by atoms with E-state index in [0.717, 1.165) is 0 Å². The van der Waals surface area contributed by atoms with Gasteiger partial charge in [-0.15, -0.1) is 0 Å². The quantitative estimate of drug-likeness (QED) is 0.849. The Morgan fingerprint density at radius 2 is 2.14 bits per heavy atom. The third-order valence-electron chi connectivity index (χ3n) is 3.26. The molecule has 0 bridgehead atoms. The monoisotopic (exact) mass is 306 g/mol. The zero-order chi connectivity index (χ0) is 15.5. The van der Waals surface area contributed by atoms with Crippen LogP contribution in [0.1, 0.15) is 5.69 Å². The van der Waals surface area contributed by atoms with Gasteiger partial charge in [0.2, 0.25) is 0 Å². The Hall–Kier alpha value is -1.54. The van der Waals surface area contributed by atoms with Gasteiger partial charge in [0.1, 0.15) is 5.69 Å². The summed E-state index contributed by atoms with van der Waals surface area (Å²) >= 11 is 0. The number of hydrogen-bond donors (Lipinski definition) is 0. The average Bonchev–Trinajstić information content (AvgIpc) is 2.46. The molecule has 1 unspecified atom stereocenters. The van der Waals surface area contributed by atoms with Crippen LogP contribution in [0.4, 0.5) is 13.2 Å². The number of alkyl halides is 3. The summed E-state index contributed by atoms with van der Waals surface area (Å²) in [6, 6.07) is 1.64. The minimum Gasteiger partial charge on any atom is -0.493 e. The molecule has 0 N–H and O–H groups in total. The van der Waals surface area contributed by atoms with Gasteiger partial charge in [-0.1, -0.05) is 0 Å². The fourth-order valence-corrected chi connectivity index (χ4v) is 2.22. The Bertz CT molecular complexity index is 482. The number of pyridine rings is 1. The van der Waals surface area contributed by atoms with Crippen LogP contribution in [0.2, 0.25) is 0 Å². The molecule has 0 radical (unpaired) electrons. The second-order valence-electron chi connectivity index (χ2n) is 4.63. The van der Waals surface area contributed by atoms with E-state index < -0.39 is 12.3 Å². The van der Waals surface area contributed by atoms with E-state index in [0.29, 0.717) is 23.7 Å². The van der Waals surface area contributed by atoms with E-state index in [1.54, 1.807) is 17.2 Å². The van der Waals surface area contributed by atoms with Crippen molar-refractivity contribution >= 4 is 0 Å². The van der Waals surface area contributed by atoms with Crippen molar-refractivity contribution in [3.05, 3.63) is 18.0 Å². The van der Waals surface area contributed by atoms with Crippen molar-refractivity contribution in [2.45, 2.75) is 18.8 Å². The molecule has 0 aromatic carbocycles. The number of morpholine rings is 1. The molecule has 1 aliphatic heterocycles. The molecule has 5 nitrogen and oxygen atoms in total. The summed E-state index contributed by atoms with van der Waals surface area (Å²) in [7, 11) is 2.97. The van der Waals surface area contributed by atoms with E-state index >= 15 is 0 Å². The predicted octanol–water partition coefficient (Wildman–Crippen LogP) is 1.86. The number of ether oxygens (including phenoxy) is 3. The van der Waals surface area contributed by atoms with Gasteiger partial charge in [-0.05, 0) is 0 Å². The molecule has 2 heterocycles. The molecule has 2 rings (SSSR count). The van der Waals surface area contributed by atoms with E-state index in [-0.39, 0.29) is 19.7 Å². The minimum absolute atomic E-state index is 0.0382. The molecule has 1 aromatic rings. The van der Waals surface area contributed by atoms with Crippen LogP contribution >= 0.6 is 0 Å². The van der Waals surface area contributed by atoms with Gasteiger partial charge >= 0.3 is 6.18 Å². The molecule has 1 aromatic heterocycles. The third kappa shape index (κ3) is 3.76. The molecule has 0 aliphatic carbocycles.